The topological polar surface area (TPSA) is 0 Å². The van der Waals surface area contributed by atoms with Crippen molar-refractivity contribution in [3.8, 4) is 0 Å². The van der Waals surface area contributed by atoms with Crippen LogP contribution in [0.15, 0.2) is 23.3 Å². The van der Waals surface area contributed by atoms with Gasteiger partial charge < -0.3 is 0 Å². The van der Waals surface area contributed by atoms with Gasteiger partial charge in [-0.25, -0.2) is 0 Å². The van der Waals surface area contributed by atoms with Gasteiger partial charge >= 0.3 is 113 Å². The second-order valence-corrected chi connectivity index (χ2v) is 8.20. The third-order valence-corrected chi connectivity index (χ3v) is 6.41. The molecule has 1 heteroatoms. The summed E-state index contributed by atoms with van der Waals surface area (Å²) in [6.07, 6.45) is 16.3. The zero-order valence-electron chi connectivity index (χ0n) is 11.5. The van der Waals surface area contributed by atoms with Crippen molar-refractivity contribution in [3.63, 3.8) is 0 Å². The van der Waals surface area contributed by atoms with Gasteiger partial charge in [0.05, 0.1) is 0 Å². The van der Waals surface area contributed by atoms with E-state index < -0.39 is 0 Å². The van der Waals surface area contributed by atoms with Crippen molar-refractivity contribution in [2.24, 2.45) is 0 Å². The Bertz CT molecular complexity index is 271. The molecule has 0 aromatic carbocycles. The standard InChI is InChI=1S/2C8H13.Al/c2*1-2-8-6-4-3-5-7-8;/h2*2,6H,3-5,7H2,1H3;/q;;+1. The van der Waals surface area contributed by atoms with E-state index in [4.69, 9.17) is 0 Å². The van der Waals surface area contributed by atoms with Crippen LogP contribution < -0.4 is 0 Å². The first-order valence-corrected chi connectivity index (χ1v) is 8.83. The summed E-state index contributed by atoms with van der Waals surface area (Å²) in [4.78, 5) is 0. The maximum absolute atomic E-state index is 2.54. The molecule has 2 unspecified atom stereocenters. The van der Waals surface area contributed by atoms with E-state index in [1.165, 1.54) is 51.4 Å². The first-order valence-electron chi connectivity index (χ1n) is 7.50. The molecule has 0 amide bonds. The molecule has 0 heterocycles. The molecule has 0 aromatic heterocycles. The van der Waals surface area contributed by atoms with E-state index in [-0.39, 0.29) is 0 Å². The molecule has 0 fully saturated rings. The normalized spacial score (nSPS) is 24.4. The van der Waals surface area contributed by atoms with Crippen LogP contribution in [0, 0.1) is 0 Å². The molecule has 0 nitrogen and oxygen atoms in total. The summed E-state index contributed by atoms with van der Waals surface area (Å²) in [7, 11) is 0. The van der Waals surface area contributed by atoms with Crippen LogP contribution >= 0.6 is 0 Å². The SMILES string of the molecule is C[CH]([Al+][CH](C)C1=CCCCC1)C1=CCCCC1. The number of rotatable bonds is 4. The predicted octanol–water partition coefficient (Wildman–Crippen LogP) is 5.31. The van der Waals surface area contributed by atoms with Gasteiger partial charge in [0.1, 0.15) is 0 Å². The fourth-order valence-corrected chi connectivity index (χ4v) is 5.20. The van der Waals surface area contributed by atoms with Crippen molar-refractivity contribution in [2.45, 2.75) is 74.8 Å². The third-order valence-electron chi connectivity index (χ3n) is 4.40. The summed E-state index contributed by atoms with van der Waals surface area (Å²) in [6, 6.07) is 0. The molecule has 2 atom stereocenters. The summed E-state index contributed by atoms with van der Waals surface area (Å²) in [6.45, 7) is 4.96. The van der Waals surface area contributed by atoms with Gasteiger partial charge in [-0.2, -0.15) is 0 Å². The van der Waals surface area contributed by atoms with Crippen molar-refractivity contribution in [1.29, 1.82) is 0 Å². The Hall–Kier alpha value is 0.0125. The van der Waals surface area contributed by atoms with Gasteiger partial charge in [-0.05, 0) is 0 Å². The Morgan fingerprint density at radius 3 is 1.65 bits per heavy atom. The molecule has 0 N–H and O–H groups in total. The Morgan fingerprint density at radius 1 is 0.824 bits per heavy atom. The monoisotopic (exact) mass is 245 g/mol. The van der Waals surface area contributed by atoms with Crippen molar-refractivity contribution in [1.82, 2.24) is 0 Å². The molecule has 0 spiro atoms. The van der Waals surface area contributed by atoms with Crippen LogP contribution in [-0.4, -0.2) is 15.2 Å². The third kappa shape index (κ3) is 4.01. The zero-order chi connectivity index (χ0) is 12.1. The van der Waals surface area contributed by atoms with Crippen LogP contribution in [0.5, 0.6) is 0 Å². The number of hydrogen-bond donors (Lipinski definition) is 0. The van der Waals surface area contributed by atoms with Gasteiger partial charge in [0.15, 0.2) is 0 Å². The second-order valence-electron chi connectivity index (χ2n) is 5.82. The van der Waals surface area contributed by atoms with E-state index in [2.05, 4.69) is 26.0 Å². The molecule has 0 radical (unpaired) electrons. The van der Waals surface area contributed by atoms with Gasteiger partial charge in [0, 0.05) is 0 Å². The average Bonchev–Trinajstić information content (AvgIpc) is 2.40. The van der Waals surface area contributed by atoms with Crippen molar-refractivity contribution >= 4 is 15.2 Å². The summed E-state index contributed by atoms with van der Waals surface area (Å²) < 4.78 is 1.79. The van der Waals surface area contributed by atoms with Crippen LogP contribution in [0.2, 0.25) is 9.56 Å². The molecule has 0 aromatic rings. The van der Waals surface area contributed by atoms with E-state index in [1.54, 1.807) is 11.1 Å². The van der Waals surface area contributed by atoms with Crippen LogP contribution in [0.3, 0.4) is 0 Å². The van der Waals surface area contributed by atoms with E-state index in [0.717, 1.165) is 9.56 Å². The van der Waals surface area contributed by atoms with Crippen molar-refractivity contribution in [2.75, 3.05) is 0 Å². The molecule has 0 aliphatic heterocycles. The molecule has 17 heavy (non-hydrogen) atoms. The van der Waals surface area contributed by atoms with E-state index in [0.29, 0.717) is 15.2 Å². The summed E-state index contributed by atoms with van der Waals surface area (Å²) in [5.41, 5.74) is 3.57. The Labute approximate surface area is 113 Å². The molecular weight excluding hydrogens is 219 g/mol. The van der Waals surface area contributed by atoms with Crippen molar-refractivity contribution < 1.29 is 0 Å². The Kier molecular flexibility index (Phi) is 5.39. The molecule has 2 rings (SSSR count). The fourth-order valence-electron chi connectivity index (χ4n) is 3.23. The predicted molar refractivity (Wildman–Crippen MR) is 77.7 cm³/mol. The Balaban J connectivity index is 1.86. The van der Waals surface area contributed by atoms with Crippen LogP contribution in [0.1, 0.15) is 65.2 Å². The second kappa shape index (κ2) is 6.81. The minimum absolute atomic E-state index is 0.569. The number of allylic oxidation sites excluding steroid dienone is 4. The van der Waals surface area contributed by atoms with E-state index in [9.17, 15) is 0 Å². The van der Waals surface area contributed by atoms with Crippen LogP contribution in [0.25, 0.3) is 0 Å². The first kappa shape index (κ1) is 13.4. The molecule has 0 saturated carbocycles. The van der Waals surface area contributed by atoms with Gasteiger partial charge in [-0.15, -0.1) is 0 Å². The van der Waals surface area contributed by atoms with Crippen molar-refractivity contribution in [3.05, 3.63) is 23.3 Å². The van der Waals surface area contributed by atoms with E-state index in [1.807, 2.05) is 0 Å². The van der Waals surface area contributed by atoms with Gasteiger partial charge in [-0.1, -0.05) is 0 Å². The van der Waals surface area contributed by atoms with Crippen LogP contribution in [0.4, 0.5) is 0 Å². The molecule has 2 aliphatic carbocycles. The summed E-state index contributed by atoms with van der Waals surface area (Å²) in [5.74, 6) is 0. The maximum atomic E-state index is 2.54. The first-order chi connectivity index (χ1) is 8.27. The number of hydrogen-bond acceptors (Lipinski definition) is 0. The molecule has 2 aliphatic rings. The molecule has 0 bridgehead atoms. The van der Waals surface area contributed by atoms with Gasteiger partial charge in [0.25, 0.3) is 0 Å². The molecule has 0 saturated heterocycles. The quantitative estimate of drug-likeness (QED) is 0.465. The van der Waals surface area contributed by atoms with Gasteiger partial charge in [0.2, 0.25) is 0 Å². The van der Waals surface area contributed by atoms with E-state index >= 15 is 0 Å². The van der Waals surface area contributed by atoms with Crippen LogP contribution in [-0.2, 0) is 0 Å². The minimum atomic E-state index is 0.569. The summed E-state index contributed by atoms with van der Waals surface area (Å²) >= 11 is 0.569. The Morgan fingerprint density at radius 2 is 1.29 bits per heavy atom. The molecular formula is C16H26Al+. The molecule has 92 valence electrons. The zero-order valence-corrected chi connectivity index (χ0v) is 12.7. The average molecular weight is 245 g/mol. The van der Waals surface area contributed by atoms with Gasteiger partial charge in [-0.3, -0.25) is 0 Å². The summed E-state index contributed by atoms with van der Waals surface area (Å²) in [5, 5.41) is 0. The fraction of sp³-hybridized carbons (Fsp3) is 0.750.